The predicted molar refractivity (Wildman–Crippen MR) is 71.8 cm³/mol. The maximum Gasteiger partial charge on any atom is 0.161 e. The van der Waals surface area contributed by atoms with E-state index in [9.17, 15) is 0 Å². The Morgan fingerprint density at radius 2 is 2.05 bits per heavy atom. The maximum atomic E-state index is 5.59. The third-order valence-corrected chi connectivity index (χ3v) is 2.40. The summed E-state index contributed by atoms with van der Waals surface area (Å²) in [4.78, 5) is 0. The molecule has 1 heterocycles. The summed E-state index contributed by atoms with van der Waals surface area (Å²) in [7, 11) is 1.62. The molecule has 0 aliphatic carbocycles. The Morgan fingerprint density at radius 3 is 2.74 bits per heavy atom. The minimum atomic E-state index is 0.671. The van der Waals surface area contributed by atoms with Crippen molar-refractivity contribution in [1.29, 1.82) is 0 Å². The first-order valence-electron chi connectivity index (χ1n) is 6.03. The summed E-state index contributed by atoms with van der Waals surface area (Å²) in [6.45, 7) is 2.73. The molecule has 1 aromatic heterocycles. The van der Waals surface area contributed by atoms with Gasteiger partial charge in [0.1, 0.15) is 12.7 Å². The van der Waals surface area contributed by atoms with Crippen molar-refractivity contribution >= 4 is 6.21 Å². The topological polar surface area (TPSA) is 61.5 Å². The molecule has 2 rings (SSSR count). The fraction of sp³-hybridized carbons (Fsp3) is 0.308. The lowest BCUT2D eigenvalue weighted by atomic mass is 10.2. The van der Waals surface area contributed by atoms with Crippen LogP contribution in [0.1, 0.15) is 18.9 Å². The van der Waals surface area contributed by atoms with Gasteiger partial charge in [-0.3, -0.25) is 0 Å². The van der Waals surface area contributed by atoms with Crippen LogP contribution < -0.4 is 9.47 Å². The highest BCUT2D eigenvalue weighted by Gasteiger charge is 2.04. The number of rotatable bonds is 6. The van der Waals surface area contributed by atoms with Gasteiger partial charge in [-0.05, 0) is 30.2 Å². The van der Waals surface area contributed by atoms with Crippen molar-refractivity contribution in [2.24, 2.45) is 5.10 Å². The van der Waals surface area contributed by atoms with Gasteiger partial charge in [-0.15, -0.1) is 10.2 Å². The predicted octanol–water partition coefficient (Wildman–Crippen LogP) is 1.96. The molecule has 0 fully saturated rings. The third kappa shape index (κ3) is 3.54. The molecule has 0 unspecified atom stereocenters. The number of hydrogen-bond acceptors (Lipinski definition) is 5. The zero-order valence-corrected chi connectivity index (χ0v) is 11.0. The molecule has 0 aliphatic heterocycles. The molecule has 6 nitrogen and oxygen atoms in total. The van der Waals surface area contributed by atoms with Crippen molar-refractivity contribution < 1.29 is 9.47 Å². The Morgan fingerprint density at radius 1 is 1.26 bits per heavy atom. The lowest BCUT2D eigenvalue weighted by Crippen LogP contribution is -1.98. The van der Waals surface area contributed by atoms with Crippen LogP contribution in [-0.2, 0) is 0 Å². The van der Waals surface area contributed by atoms with E-state index in [0.717, 1.165) is 17.7 Å². The SMILES string of the molecule is CCCOc1ccc(/C=N\n2cnnc2)cc1OC. The van der Waals surface area contributed by atoms with Gasteiger partial charge in [-0.1, -0.05) is 6.92 Å². The van der Waals surface area contributed by atoms with Crippen LogP contribution in [0.25, 0.3) is 0 Å². The van der Waals surface area contributed by atoms with Gasteiger partial charge >= 0.3 is 0 Å². The van der Waals surface area contributed by atoms with Crippen LogP contribution in [0.15, 0.2) is 36.0 Å². The summed E-state index contributed by atoms with van der Waals surface area (Å²) in [5.41, 5.74) is 0.911. The van der Waals surface area contributed by atoms with Gasteiger partial charge in [0, 0.05) is 0 Å². The Labute approximate surface area is 111 Å². The zero-order chi connectivity index (χ0) is 13.5. The molecule has 0 saturated carbocycles. The van der Waals surface area contributed by atoms with Crippen molar-refractivity contribution in [3.63, 3.8) is 0 Å². The second kappa shape index (κ2) is 6.53. The molecule has 0 spiro atoms. The Kier molecular flexibility index (Phi) is 4.49. The van der Waals surface area contributed by atoms with E-state index in [1.54, 1.807) is 13.3 Å². The normalized spacial score (nSPS) is 10.8. The van der Waals surface area contributed by atoms with Crippen molar-refractivity contribution in [3.05, 3.63) is 36.4 Å². The molecule has 1 aromatic carbocycles. The summed E-state index contributed by atoms with van der Waals surface area (Å²) < 4.78 is 12.4. The standard InChI is InChI=1S/C13H16N4O2/c1-3-6-19-12-5-4-11(7-13(12)18-2)8-16-17-9-14-15-10-17/h4-5,7-10H,3,6H2,1-2H3/b16-8-. The lowest BCUT2D eigenvalue weighted by molar-refractivity contribution is 0.294. The largest absolute Gasteiger partial charge is 0.493 e. The molecule has 0 aliphatic rings. The van der Waals surface area contributed by atoms with Gasteiger partial charge in [0.2, 0.25) is 0 Å². The van der Waals surface area contributed by atoms with Crippen LogP contribution in [-0.4, -0.2) is 34.8 Å². The summed E-state index contributed by atoms with van der Waals surface area (Å²) in [5.74, 6) is 1.44. The van der Waals surface area contributed by atoms with Gasteiger partial charge in [0.05, 0.1) is 19.9 Å². The number of benzene rings is 1. The first-order valence-corrected chi connectivity index (χ1v) is 6.03. The summed E-state index contributed by atoms with van der Waals surface area (Å²) in [6.07, 6.45) is 5.70. The minimum absolute atomic E-state index is 0.671. The maximum absolute atomic E-state index is 5.59. The van der Waals surface area contributed by atoms with Crippen molar-refractivity contribution in [2.45, 2.75) is 13.3 Å². The number of nitrogens with zero attached hydrogens (tertiary/aromatic N) is 4. The highest BCUT2D eigenvalue weighted by Crippen LogP contribution is 2.27. The molecular weight excluding hydrogens is 244 g/mol. The Bertz CT molecular complexity index is 538. The van der Waals surface area contributed by atoms with E-state index < -0.39 is 0 Å². The van der Waals surface area contributed by atoms with E-state index in [0.29, 0.717) is 12.4 Å². The van der Waals surface area contributed by atoms with Gasteiger partial charge in [0.15, 0.2) is 11.5 Å². The average molecular weight is 260 g/mol. The summed E-state index contributed by atoms with van der Waals surface area (Å²) in [5, 5.41) is 11.5. The highest BCUT2D eigenvalue weighted by molar-refractivity contribution is 5.80. The van der Waals surface area contributed by atoms with Gasteiger partial charge < -0.3 is 9.47 Å². The monoisotopic (exact) mass is 260 g/mol. The van der Waals surface area contributed by atoms with E-state index in [1.807, 2.05) is 18.2 Å². The molecule has 0 radical (unpaired) electrons. The van der Waals surface area contributed by atoms with Crippen LogP contribution in [0, 0.1) is 0 Å². The van der Waals surface area contributed by atoms with E-state index >= 15 is 0 Å². The van der Waals surface area contributed by atoms with Gasteiger partial charge in [0.25, 0.3) is 0 Å². The van der Waals surface area contributed by atoms with Crippen molar-refractivity contribution in [2.75, 3.05) is 13.7 Å². The van der Waals surface area contributed by atoms with Gasteiger partial charge in [-0.25, -0.2) is 4.68 Å². The highest BCUT2D eigenvalue weighted by atomic mass is 16.5. The molecule has 0 saturated heterocycles. The van der Waals surface area contributed by atoms with E-state index in [1.165, 1.54) is 17.3 Å². The zero-order valence-electron chi connectivity index (χ0n) is 11.0. The Hall–Kier alpha value is -2.37. The Balaban J connectivity index is 2.14. The van der Waals surface area contributed by atoms with Gasteiger partial charge in [-0.2, -0.15) is 5.10 Å². The van der Waals surface area contributed by atoms with Crippen LogP contribution >= 0.6 is 0 Å². The molecule has 6 heteroatoms. The van der Waals surface area contributed by atoms with E-state index in [4.69, 9.17) is 9.47 Å². The fourth-order valence-electron chi connectivity index (χ4n) is 1.48. The van der Waals surface area contributed by atoms with Crippen LogP contribution in [0.2, 0.25) is 0 Å². The minimum Gasteiger partial charge on any atom is -0.493 e. The molecule has 100 valence electrons. The first kappa shape index (κ1) is 13.1. The van der Waals surface area contributed by atoms with Crippen LogP contribution in [0.5, 0.6) is 11.5 Å². The smallest absolute Gasteiger partial charge is 0.161 e. The quantitative estimate of drug-likeness (QED) is 0.745. The average Bonchev–Trinajstić information content (AvgIpc) is 2.96. The lowest BCUT2D eigenvalue weighted by Gasteiger charge is -2.10. The molecular formula is C13H16N4O2. The van der Waals surface area contributed by atoms with E-state index in [-0.39, 0.29) is 0 Å². The number of methoxy groups -OCH3 is 1. The van der Waals surface area contributed by atoms with Crippen LogP contribution in [0.3, 0.4) is 0 Å². The van der Waals surface area contributed by atoms with Crippen molar-refractivity contribution in [3.8, 4) is 11.5 Å². The molecule has 2 aromatic rings. The fourth-order valence-corrected chi connectivity index (χ4v) is 1.48. The summed E-state index contributed by atoms with van der Waals surface area (Å²) in [6, 6.07) is 5.67. The number of ether oxygens (including phenoxy) is 2. The number of hydrogen-bond donors (Lipinski definition) is 0. The second-order valence-corrected chi connectivity index (χ2v) is 3.85. The van der Waals surface area contributed by atoms with Crippen molar-refractivity contribution in [1.82, 2.24) is 14.9 Å². The second-order valence-electron chi connectivity index (χ2n) is 3.85. The molecule has 19 heavy (non-hydrogen) atoms. The van der Waals surface area contributed by atoms with E-state index in [2.05, 4.69) is 22.2 Å². The third-order valence-electron chi connectivity index (χ3n) is 2.40. The molecule has 0 atom stereocenters. The molecule has 0 N–H and O–H groups in total. The molecule has 0 amide bonds. The van der Waals surface area contributed by atoms with Crippen LogP contribution in [0.4, 0.5) is 0 Å². The number of aromatic nitrogens is 3. The first-order chi connectivity index (χ1) is 9.33. The molecule has 0 bridgehead atoms. The summed E-state index contributed by atoms with van der Waals surface area (Å²) >= 11 is 0.